The SMILES string of the molecule is CSCC[C@H](NCc1cn(-c2ccc(F)c(Cl)c2)nn1)C(=O)O. The molecule has 6 nitrogen and oxygen atoms in total. The monoisotopic (exact) mass is 358 g/mol. The molecule has 1 aromatic heterocycles. The van der Waals surface area contributed by atoms with Crippen molar-refractivity contribution in [3.63, 3.8) is 0 Å². The van der Waals surface area contributed by atoms with Crippen LogP contribution in [-0.4, -0.2) is 44.1 Å². The van der Waals surface area contributed by atoms with Crippen LogP contribution in [-0.2, 0) is 11.3 Å². The molecule has 0 saturated heterocycles. The lowest BCUT2D eigenvalue weighted by Gasteiger charge is -2.12. The normalized spacial score (nSPS) is 12.3. The van der Waals surface area contributed by atoms with E-state index in [0.717, 1.165) is 5.75 Å². The number of carboxylic acid groups (broad SMARTS) is 1. The van der Waals surface area contributed by atoms with Gasteiger partial charge in [-0.2, -0.15) is 11.8 Å². The van der Waals surface area contributed by atoms with Gasteiger partial charge in [0.05, 0.1) is 22.6 Å². The molecular weight excluding hydrogens is 343 g/mol. The van der Waals surface area contributed by atoms with Crippen LogP contribution in [0.2, 0.25) is 5.02 Å². The molecule has 1 heterocycles. The third-order valence-corrected chi connectivity index (χ3v) is 4.08. The van der Waals surface area contributed by atoms with Crippen molar-refractivity contribution in [1.29, 1.82) is 0 Å². The Kier molecular flexibility index (Phi) is 6.37. The molecule has 0 aliphatic rings. The average molecular weight is 359 g/mol. The number of carbonyl (C=O) groups is 1. The maximum absolute atomic E-state index is 13.2. The van der Waals surface area contributed by atoms with Crippen molar-refractivity contribution in [3.05, 3.63) is 40.9 Å². The Labute approximate surface area is 142 Å². The van der Waals surface area contributed by atoms with Gasteiger partial charge in [0.25, 0.3) is 0 Å². The number of carboxylic acids is 1. The number of thioether (sulfide) groups is 1. The van der Waals surface area contributed by atoms with Crippen LogP contribution in [0.3, 0.4) is 0 Å². The highest BCUT2D eigenvalue weighted by Crippen LogP contribution is 2.18. The average Bonchev–Trinajstić information content (AvgIpc) is 2.98. The van der Waals surface area contributed by atoms with Crippen LogP contribution in [0.25, 0.3) is 5.69 Å². The van der Waals surface area contributed by atoms with Crippen molar-refractivity contribution in [2.45, 2.75) is 19.0 Å². The zero-order chi connectivity index (χ0) is 16.8. The summed E-state index contributed by atoms with van der Waals surface area (Å²) in [6.07, 6.45) is 4.10. The summed E-state index contributed by atoms with van der Waals surface area (Å²) < 4.78 is 14.6. The highest BCUT2D eigenvalue weighted by atomic mass is 35.5. The predicted molar refractivity (Wildman–Crippen MR) is 87.6 cm³/mol. The van der Waals surface area contributed by atoms with Crippen molar-refractivity contribution in [2.75, 3.05) is 12.0 Å². The lowest BCUT2D eigenvalue weighted by atomic mass is 10.2. The number of hydrogen-bond acceptors (Lipinski definition) is 5. The van der Waals surface area contributed by atoms with Crippen LogP contribution < -0.4 is 5.32 Å². The molecule has 124 valence electrons. The smallest absolute Gasteiger partial charge is 0.320 e. The standard InChI is InChI=1S/C14H16ClFN4O2S/c1-23-5-4-13(14(21)22)17-7-9-8-20(19-18-9)10-2-3-12(16)11(15)6-10/h2-3,6,8,13,17H,4-5,7H2,1H3,(H,21,22)/t13-/m0/s1. The number of halogens is 2. The first kappa shape index (κ1) is 17.7. The Bertz CT molecular complexity index is 683. The third-order valence-electron chi connectivity index (χ3n) is 3.15. The fourth-order valence-corrected chi connectivity index (χ4v) is 2.56. The summed E-state index contributed by atoms with van der Waals surface area (Å²) in [5.41, 5.74) is 1.16. The van der Waals surface area contributed by atoms with E-state index in [1.807, 2.05) is 6.26 Å². The van der Waals surface area contributed by atoms with Crippen molar-refractivity contribution in [2.24, 2.45) is 0 Å². The second-order valence-electron chi connectivity index (χ2n) is 4.81. The van der Waals surface area contributed by atoms with Gasteiger partial charge in [0.15, 0.2) is 0 Å². The molecule has 1 aromatic carbocycles. The van der Waals surface area contributed by atoms with Crippen LogP contribution in [0.1, 0.15) is 12.1 Å². The van der Waals surface area contributed by atoms with Crippen LogP contribution in [0.5, 0.6) is 0 Å². The highest BCUT2D eigenvalue weighted by molar-refractivity contribution is 7.98. The summed E-state index contributed by atoms with van der Waals surface area (Å²) in [4.78, 5) is 11.2. The molecule has 0 saturated carbocycles. The second kappa shape index (κ2) is 8.28. The fourth-order valence-electron chi connectivity index (χ4n) is 1.91. The highest BCUT2D eigenvalue weighted by Gasteiger charge is 2.16. The predicted octanol–water partition coefficient (Wildman–Crippen LogP) is 2.36. The number of nitrogens with zero attached hydrogens (tertiary/aromatic N) is 3. The van der Waals surface area contributed by atoms with E-state index < -0.39 is 17.8 Å². The number of rotatable bonds is 8. The minimum absolute atomic E-state index is 0.000631. The Morgan fingerprint density at radius 3 is 3.00 bits per heavy atom. The Morgan fingerprint density at radius 2 is 2.35 bits per heavy atom. The van der Waals surface area contributed by atoms with E-state index in [2.05, 4.69) is 15.6 Å². The zero-order valence-corrected chi connectivity index (χ0v) is 13.9. The molecule has 0 radical (unpaired) electrons. The Morgan fingerprint density at radius 1 is 1.57 bits per heavy atom. The van der Waals surface area contributed by atoms with Gasteiger partial charge in [-0.05, 0) is 36.6 Å². The van der Waals surface area contributed by atoms with Crippen molar-refractivity contribution in [3.8, 4) is 5.69 Å². The van der Waals surface area contributed by atoms with Gasteiger partial charge in [-0.3, -0.25) is 10.1 Å². The van der Waals surface area contributed by atoms with Gasteiger partial charge in [0.2, 0.25) is 0 Å². The maximum Gasteiger partial charge on any atom is 0.320 e. The number of aliphatic carboxylic acids is 1. The molecule has 0 aliphatic heterocycles. The van der Waals surface area contributed by atoms with Crippen LogP contribution in [0.15, 0.2) is 24.4 Å². The van der Waals surface area contributed by atoms with Gasteiger partial charge in [-0.15, -0.1) is 5.10 Å². The number of nitrogens with one attached hydrogen (secondary N) is 1. The summed E-state index contributed by atoms with van der Waals surface area (Å²) >= 11 is 7.33. The van der Waals surface area contributed by atoms with Crippen molar-refractivity contribution >= 4 is 29.3 Å². The first-order chi connectivity index (χ1) is 11.0. The van der Waals surface area contributed by atoms with E-state index in [4.69, 9.17) is 16.7 Å². The first-order valence-electron chi connectivity index (χ1n) is 6.83. The molecular formula is C14H16ClFN4O2S. The molecule has 0 fully saturated rings. The summed E-state index contributed by atoms with van der Waals surface area (Å²) in [5.74, 6) is -0.641. The lowest BCUT2D eigenvalue weighted by Crippen LogP contribution is -2.36. The van der Waals surface area contributed by atoms with E-state index in [1.54, 1.807) is 18.0 Å². The molecule has 2 N–H and O–H groups in total. The molecule has 0 unspecified atom stereocenters. The lowest BCUT2D eigenvalue weighted by molar-refractivity contribution is -0.139. The zero-order valence-electron chi connectivity index (χ0n) is 12.4. The first-order valence-corrected chi connectivity index (χ1v) is 8.60. The molecule has 0 bridgehead atoms. The Hall–Kier alpha value is -1.64. The van der Waals surface area contributed by atoms with Gasteiger partial charge in [-0.1, -0.05) is 16.8 Å². The summed E-state index contributed by atoms with van der Waals surface area (Å²) in [5, 5.41) is 20.0. The number of hydrogen-bond donors (Lipinski definition) is 2. The fraction of sp³-hybridized carbons (Fsp3) is 0.357. The summed E-state index contributed by atoms with van der Waals surface area (Å²) in [6.45, 7) is 0.278. The van der Waals surface area contributed by atoms with Gasteiger partial charge >= 0.3 is 5.97 Å². The molecule has 2 rings (SSSR count). The Balaban J connectivity index is 2.01. The van der Waals surface area contributed by atoms with Gasteiger partial charge in [0, 0.05) is 6.54 Å². The molecule has 1 atom stereocenters. The topological polar surface area (TPSA) is 80.0 Å². The van der Waals surface area contributed by atoms with E-state index in [-0.39, 0.29) is 11.6 Å². The summed E-state index contributed by atoms with van der Waals surface area (Å²) in [6, 6.07) is 3.60. The molecule has 9 heteroatoms. The molecule has 0 aliphatic carbocycles. The minimum atomic E-state index is -0.892. The molecule has 0 amide bonds. The minimum Gasteiger partial charge on any atom is -0.480 e. The molecule has 23 heavy (non-hydrogen) atoms. The van der Waals surface area contributed by atoms with Crippen molar-refractivity contribution < 1.29 is 14.3 Å². The largest absolute Gasteiger partial charge is 0.480 e. The van der Waals surface area contributed by atoms with E-state index in [9.17, 15) is 9.18 Å². The molecule has 2 aromatic rings. The van der Waals surface area contributed by atoms with Gasteiger partial charge in [0.1, 0.15) is 11.9 Å². The molecule has 0 spiro atoms. The third kappa shape index (κ3) is 4.92. The number of aromatic nitrogens is 3. The maximum atomic E-state index is 13.2. The second-order valence-corrected chi connectivity index (χ2v) is 6.20. The summed E-state index contributed by atoms with van der Waals surface area (Å²) in [7, 11) is 0. The number of benzene rings is 1. The van der Waals surface area contributed by atoms with Gasteiger partial charge < -0.3 is 5.11 Å². The van der Waals surface area contributed by atoms with E-state index in [1.165, 1.54) is 22.9 Å². The van der Waals surface area contributed by atoms with Crippen LogP contribution in [0, 0.1) is 5.82 Å². The van der Waals surface area contributed by atoms with Gasteiger partial charge in [-0.25, -0.2) is 9.07 Å². The van der Waals surface area contributed by atoms with E-state index in [0.29, 0.717) is 17.8 Å². The van der Waals surface area contributed by atoms with Crippen LogP contribution >= 0.6 is 23.4 Å². The van der Waals surface area contributed by atoms with Crippen molar-refractivity contribution in [1.82, 2.24) is 20.3 Å². The van der Waals surface area contributed by atoms with E-state index >= 15 is 0 Å². The van der Waals surface area contributed by atoms with Crippen LogP contribution in [0.4, 0.5) is 4.39 Å². The quantitative estimate of drug-likeness (QED) is 0.754.